The fourth-order valence-corrected chi connectivity index (χ4v) is 5.63. The monoisotopic (exact) mass is 590 g/mol. The van der Waals surface area contributed by atoms with Gasteiger partial charge in [-0.05, 0) is 76.7 Å². The molecule has 3 aliphatic rings. The van der Waals surface area contributed by atoms with Crippen LogP contribution >= 0.6 is 15.9 Å². The third-order valence-corrected chi connectivity index (χ3v) is 7.62. The van der Waals surface area contributed by atoms with Gasteiger partial charge in [0.1, 0.15) is 12.1 Å². The van der Waals surface area contributed by atoms with Gasteiger partial charge in [-0.3, -0.25) is 4.79 Å². The summed E-state index contributed by atoms with van der Waals surface area (Å²) < 4.78 is 24.9. The zero-order valence-electron chi connectivity index (χ0n) is 21.4. The van der Waals surface area contributed by atoms with E-state index in [9.17, 15) is 9.59 Å². The maximum atomic E-state index is 13.5. The summed E-state index contributed by atoms with van der Waals surface area (Å²) in [4.78, 5) is 27.8. The van der Waals surface area contributed by atoms with Crippen LogP contribution in [0.3, 0.4) is 0 Å². The summed E-state index contributed by atoms with van der Waals surface area (Å²) in [7, 11) is 1.52. The van der Waals surface area contributed by atoms with Crippen LogP contribution in [0.5, 0.6) is 11.5 Å². The Morgan fingerprint density at radius 2 is 1.95 bits per heavy atom. The number of carbonyl (C=O) groups excluding carboxylic acids is 2. The lowest BCUT2D eigenvalue weighted by Crippen LogP contribution is -2.43. The van der Waals surface area contributed by atoms with E-state index in [4.69, 9.17) is 18.9 Å². The van der Waals surface area contributed by atoms with Crippen LogP contribution in [-0.4, -0.2) is 83.1 Å². The fraction of sp³-hybridized carbons (Fsp3) is 0.560. The third-order valence-electron chi connectivity index (χ3n) is 7.03. The lowest BCUT2D eigenvalue weighted by Gasteiger charge is -2.30. The molecule has 1 atom stereocenters. The average molecular weight is 591 g/mol. The van der Waals surface area contributed by atoms with Crippen molar-refractivity contribution in [2.45, 2.75) is 51.2 Å². The van der Waals surface area contributed by atoms with Crippen LogP contribution in [0.1, 0.15) is 50.6 Å². The number of amides is 1. The molecule has 1 saturated carbocycles. The molecule has 1 N–H and O–H groups in total. The number of rotatable bonds is 7. The number of hydrogen-bond acceptors (Lipinski definition) is 10. The number of fused-ring (bicyclic) bond motifs is 1. The number of tetrazole rings is 1. The minimum absolute atomic E-state index is 0.103. The van der Waals surface area contributed by atoms with Gasteiger partial charge in [-0.15, -0.1) is 0 Å². The number of allylic oxidation sites excluding steroid dienone is 1. The van der Waals surface area contributed by atoms with Crippen molar-refractivity contribution in [2.24, 2.45) is 0 Å². The molecular formula is C25H31BrN6O6. The van der Waals surface area contributed by atoms with E-state index in [1.807, 2.05) is 13.0 Å². The fourth-order valence-electron chi connectivity index (χ4n) is 5.06. The number of benzene rings is 1. The van der Waals surface area contributed by atoms with Crippen molar-refractivity contribution in [1.82, 2.24) is 25.1 Å². The van der Waals surface area contributed by atoms with Gasteiger partial charge in [0.15, 0.2) is 18.1 Å². The first-order valence-corrected chi connectivity index (χ1v) is 13.6. The van der Waals surface area contributed by atoms with E-state index >= 15 is 0 Å². The molecule has 1 aromatic heterocycles. The van der Waals surface area contributed by atoms with Gasteiger partial charge in [0.05, 0.1) is 30.4 Å². The van der Waals surface area contributed by atoms with Gasteiger partial charge in [0.2, 0.25) is 5.95 Å². The molecule has 1 unspecified atom stereocenters. The van der Waals surface area contributed by atoms with Crippen LogP contribution in [0.4, 0.5) is 5.95 Å². The van der Waals surface area contributed by atoms with Gasteiger partial charge in [-0.1, -0.05) is 11.5 Å². The minimum atomic E-state index is -0.661. The Morgan fingerprint density at radius 3 is 2.68 bits per heavy atom. The molecule has 204 valence electrons. The molecule has 2 aliphatic heterocycles. The lowest BCUT2D eigenvalue weighted by molar-refractivity contribution is -0.146. The summed E-state index contributed by atoms with van der Waals surface area (Å²) in [6, 6.07) is 2.92. The second-order valence-corrected chi connectivity index (χ2v) is 10.3. The summed E-state index contributed by atoms with van der Waals surface area (Å²) in [6.07, 6.45) is 4.88. The van der Waals surface area contributed by atoms with Gasteiger partial charge in [0.25, 0.3) is 5.91 Å². The molecule has 13 heteroatoms. The molecule has 0 spiro atoms. The van der Waals surface area contributed by atoms with Crippen LogP contribution < -0.4 is 14.8 Å². The summed E-state index contributed by atoms with van der Waals surface area (Å²) >= 11 is 3.58. The molecule has 1 aromatic carbocycles. The number of ether oxygens (including phenoxy) is 4. The maximum absolute atomic E-state index is 13.5. The van der Waals surface area contributed by atoms with E-state index in [0.29, 0.717) is 65.1 Å². The first-order valence-electron chi connectivity index (χ1n) is 12.8. The van der Waals surface area contributed by atoms with Crippen LogP contribution in [0.2, 0.25) is 0 Å². The van der Waals surface area contributed by atoms with Crippen LogP contribution in [0, 0.1) is 0 Å². The van der Waals surface area contributed by atoms with Crippen molar-refractivity contribution in [2.75, 3.05) is 45.3 Å². The highest BCUT2D eigenvalue weighted by atomic mass is 79.9. The van der Waals surface area contributed by atoms with Crippen molar-refractivity contribution >= 4 is 33.8 Å². The largest absolute Gasteiger partial charge is 0.493 e. The number of nitrogens with one attached hydrogen (secondary N) is 1. The third kappa shape index (κ3) is 5.48. The average Bonchev–Trinajstić information content (AvgIpc) is 3.40. The van der Waals surface area contributed by atoms with Crippen LogP contribution in [0.15, 0.2) is 27.9 Å². The number of hydrogen-bond donors (Lipinski definition) is 1. The van der Waals surface area contributed by atoms with Crippen LogP contribution in [-0.2, 0) is 19.1 Å². The smallest absolute Gasteiger partial charge is 0.338 e. The highest BCUT2D eigenvalue weighted by Crippen LogP contribution is 2.43. The lowest BCUT2D eigenvalue weighted by atomic mass is 9.94. The predicted octanol–water partition coefficient (Wildman–Crippen LogP) is 2.85. The Labute approximate surface area is 228 Å². The Bertz CT molecular complexity index is 1220. The molecule has 2 fully saturated rings. The first-order chi connectivity index (χ1) is 18.5. The van der Waals surface area contributed by atoms with Gasteiger partial charge in [-0.2, -0.15) is 4.68 Å². The molecular weight excluding hydrogens is 560 g/mol. The summed E-state index contributed by atoms with van der Waals surface area (Å²) in [6.45, 7) is 3.77. The van der Waals surface area contributed by atoms with Crippen LogP contribution in [0.25, 0.3) is 0 Å². The second-order valence-electron chi connectivity index (χ2n) is 9.49. The zero-order valence-corrected chi connectivity index (χ0v) is 23.0. The summed E-state index contributed by atoms with van der Waals surface area (Å²) in [5, 5.41) is 15.1. The predicted molar refractivity (Wildman–Crippen MR) is 139 cm³/mol. The number of nitrogens with zero attached hydrogens (tertiary/aromatic N) is 5. The summed E-state index contributed by atoms with van der Waals surface area (Å²) in [5.74, 6) is 0.660. The number of morpholine rings is 1. The quantitative estimate of drug-likeness (QED) is 0.480. The van der Waals surface area contributed by atoms with E-state index in [1.54, 1.807) is 15.6 Å². The van der Waals surface area contributed by atoms with E-state index in [2.05, 4.69) is 36.8 Å². The van der Waals surface area contributed by atoms with Crippen molar-refractivity contribution in [3.63, 3.8) is 0 Å². The molecule has 1 amide bonds. The zero-order chi connectivity index (χ0) is 26.6. The molecule has 1 aliphatic carbocycles. The SMILES string of the molecule is COc1cc(C2C(C(=O)OC3CCCCC3)=C(C)Nc3nnnn32)cc(Br)c1OCC(=O)N1CCOCC1. The Balaban J connectivity index is 1.43. The molecule has 0 radical (unpaired) electrons. The van der Waals surface area contributed by atoms with Crippen molar-refractivity contribution < 1.29 is 28.5 Å². The molecule has 1 saturated heterocycles. The number of aromatic nitrogens is 4. The van der Waals surface area contributed by atoms with Gasteiger partial charge in [0, 0.05) is 18.8 Å². The molecule has 12 nitrogen and oxygen atoms in total. The number of carbonyl (C=O) groups is 2. The van der Waals surface area contributed by atoms with E-state index in [1.165, 1.54) is 7.11 Å². The number of methoxy groups -OCH3 is 1. The topological polar surface area (TPSA) is 130 Å². The van der Waals surface area contributed by atoms with Gasteiger partial charge >= 0.3 is 5.97 Å². The Hall–Kier alpha value is -3.19. The highest BCUT2D eigenvalue weighted by Gasteiger charge is 2.37. The number of esters is 1. The van der Waals surface area contributed by atoms with E-state index < -0.39 is 12.0 Å². The van der Waals surface area contributed by atoms with Crippen molar-refractivity contribution in [3.05, 3.63) is 33.4 Å². The first kappa shape index (κ1) is 26.4. The van der Waals surface area contributed by atoms with Crippen molar-refractivity contribution in [1.29, 1.82) is 0 Å². The molecule has 2 aromatic rings. The minimum Gasteiger partial charge on any atom is -0.493 e. The second kappa shape index (κ2) is 11.7. The van der Waals surface area contributed by atoms with Gasteiger partial charge < -0.3 is 29.2 Å². The highest BCUT2D eigenvalue weighted by molar-refractivity contribution is 9.10. The van der Waals surface area contributed by atoms with Crippen molar-refractivity contribution in [3.8, 4) is 11.5 Å². The summed E-state index contributed by atoms with van der Waals surface area (Å²) in [5.41, 5.74) is 1.72. The normalized spacial score (nSPS) is 20.0. The Morgan fingerprint density at radius 1 is 1.18 bits per heavy atom. The van der Waals surface area contributed by atoms with E-state index in [0.717, 1.165) is 32.1 Å². The molecule has 3 heterocycles. The molecule has 5 rings (SSSR count). The Kier molecular flexibility index (Phi) is 8.12. The number of halogens is 1. The molecule has 38 heavy (non-hydrogen) atoms. The number of anilines is 1. The maximum Gasteiger partial charge on any atom is 0.338 e. The van der Waals surface area contributed by atoms with E-state index in [-0.39, 0.29) is 18.6 Å². The van der Waals surface area contributed by atoms with Gasteiger partial charge in [-0.25, -0.2) is 4.79 Å². The molecule has 0 bridgehead atoms. The standard InChI is InChI=1S/C25H31BrN6O6/c1-15-21(24(34)38-17-6-4-3-5-7-17)22(32-25(27-15)28-29-30-32)16-12-18(26)23(19(13-16)35-2)37-14-20(33)31-8-10-36-11-9-31/h12-13,17,22H,3-11,14H2,1-2H3,(H,27,28,30).